The number of hydrazine groups is 1. The van der Waals surface area contributed by atoms with Gasteiger partial charge in [0, 0.05) is 0 Å². The average Bonchev–Trinajstić information content (AvgIpc) is 3.14. The maximum absolute atomic E-state index is 5.76. The van der Waals surface area contributed by atoms with E-state index in [1.54, 1.807) is 11.3 Å². The van der Waals surface area contributed by atoms with Gasteiger partial charge in [-0.2, -0.15) is 11.3 Å². The van der Waals surface area contributed by atoms with Crippen molar-refractivity contribution in [3.63, 3.8) is 0 Å². The van der Waals surface area contributed by atoms with Gasteiger partial charge in [0.25, 0.3) is 0 Å². The summed E-state index contributed by atoms with van der Waals surface area (Å²) in [6.07, 6.45) is 2.81. The zero-order chi connectivity index (χ0) is 13.2. The molecule has 1 saturated carbocycles. The highest BCUT2D eigenvalue weighted by Crippen LogP contribution is 2.30. The Bertz CT molecular complexity index is 546. The summed E-state index contributed by atoms with van der Waals surface area (Å²) in [7, 11) is 0. The van der Waals surface area contributed by atoms with Crippen molar-refractivity contribution in [3.05, 3.63) is 51.7 Å². The van der Waals surface area contributed by atoms with Crippen LogP contribution < -0.4 is 16.0 Å². The smallest absolute Gasteiger partial charge is 0.119 e. The van der Waals surface area contributed by atoms with Crippen LogP contribution in [0.2, 0.25) is 0 Å². The van der Waals surface area contributed by atoms with Gasteiger partial charge in [0.2, 0.25) is 0 Å². The van der Waals surface area contributed by atoms with Gasteiger partial charge in [-0.3, -0.25) is 5.84 Å². The molecule has 1 fully saturated rings. The van der Waals surface area contributed by atoms with E-state index in [0.717, 1.165) is 11.3 Å². The minimum atomic E-state index is 0.0428. The normalized spacial score (nSPS) is 16.3. The van der Waals surface area contributed by atoms with Crippen molar-refractivity contribution in [2.75, 3.05) is 0 Å². The molecule has 3 rings (SSSR count). The Labute approximate surface area is 117 Å². The van der Waals surface area contributed by atoms with E-state index in [1.807, 2.05) is 12.1 Å². The molecule has 4 heteroatoms. The van der Waals surface area contributed by atoms with Crippen molar-refractivity contribution in [1.82, 2.24) is 5.43 Å². The van der Waals surface area contributed by atoms with E-state index in [9.17, 15) is 0 Å². The molecule has 0 amide bonds. The predicted octanol–water partition coefficient (Wildman–Crippen LogP) is 3.15. The molecule has 1 aliphatic carbocycles. The van der Waals surface area contributed by atoms with Crippen LogP contribution in [0.25, 0.3) is 0 Å². The van der Waals surface area contributed by atoms with Crippen molar-refractivity contribution in [3.8, 4) is 5.75 Å². The number of ether oxygens (including phenoxy) is 1. The van der Waals surface area contributed by atoms with Crippen LogP contribution in [-0.2, 0) is 0 Å². The molecule has 1 aromatic carbocycles. The first kappa shape index (κ1) is 12.7. The number of rotatable bonds is 5. The second kappa shape index (κ2) is 5.33. The molecule has 3 N–H and O–H groups in total. The van der Waals surface area contributed by atoms with Crippen molar-refractivity contribution < 1.29 is 4.74 Å². The van der Waals surface area contributed by atoms with Crippen LogP contribution in [0.4, 0.5) is 0 Å². The summed E-state index contributed by atoms with van der Waals surface area (Å²) in [5, 5.41) is 4.29. The third kappa shape index (κ3) is 2.81. The van der Waals surface area contributed by atoms with E-state index in [4.69, 9.17) is 10.6 Å². The van der Waals surface area contributed by atoms with Crippen LogP contribution >= 0.6 is 11.3 Å². The van der Waals surface area contributed by atoms with Gasteiger partial charge in [-0.25, -0.2) is 5.43 Å². The fraction of sp³-hybridized carbons (Fsp3) is 0.333. The monoisotopic (exact) mass is 274 g/mol. The molecule has 1 heterocycles. The zero-order valence-corrected chi connectivity index (χ0v) is 11.7. The maximum Gasteiger partial charge on any atom is 0.119 e. The molecule has 100 valence electrons. The lowest BCUT2D eigenvalue weighted by atomic mass is 9.99. The molecular formula is C15H18N2OS. The van der Waals surface area contributed by atoms with Crippen LogP contribution in [0.1, 0.15) is 35.6 Å². The minimum Gasteiger partial charge on any atom is -0.490 e. The van der Waals surface area contributed by atoms with Crippen LogP contribution in [0.3, 0.4) is 0 Å². The molecular weight excluding hydrogens is 256 g/mol. The predicted molar refractivity (Wildman–Crippen MR) is 78.3 cm³/mol. The van der Waals surface area contributed by atoms with E-state index < -0.39 is 0 Å². The molecule has 0 aliphatic heterocycles. The van der Waals surface area contributed by atoms with Gasteiger partial charge < -0.3 is 4.74 Å². The molecule has 1 atom stereocenters. The Morgan fingerprint density at radius 3 is 2.53 bits per heavy atom. The topological polar surface area (TPSA) is 47.3 Å². The molecule has 0 radical (unpaired) electrons. The van der Waals surface area contributed by atoms with E-state index in [0.29, 0.717) is 6.10 Å². The molecule has 0 saturated heterocycles. The number of nitrogens with two attached hydrogens (primary N) is 1. The zero-order valence-electron chi connectivity index (χ0n) is 10.9. The quantitative estimate of drug-likeness (QED) is 0.650. The third-order valence-electron chi connectivity index (χ3n) is 3.41. The van der Waals surface area contributed by atoms with Crippen molar-refractivity contribution >= 4 is 11.3 Å². The fourth-order valence-electron chi connectivity index (χ4n) is 2.15. The largest absolute Gasteiger partial charge is 0.490 e. The van der Waals surface area contributed by atoms with E-state index in [-0.39, 0.29) is 6.04 Å². The molecule has 19 heavy (non-hydrogen) atoms. The number of hydrogen-bond donors (Lipinski definition) is 2. The number of nitrogens with one attached hydrogen (secondary N) is 1. The number of hydrogen-bond acceptors (Lipinski definition) is 4. The highest BCUT2D eigenvalue weighted by molar-refractivity contribution is 7.08. The van der Waals surface area contributed by atoms with E-state index in [2.05, 4.69) is 35.2 Å². The standard InChI is InChI=1S/C15H18N2OS/c1-10-8-19-9-14(10)15(17-16)11-2-4-12(5-3-11)18-13-6-7-13/h2-5,8-9,13,15,17H,6-7,16H2,1H3. The van der Waals surface area contributed by atoms with Gasteiger partial charge in [-0.15, -0.1) is 0 Å². The summed E-state index contributed by atoms with van der Waals surface area (Å²) < 4.78 is 5.76. The Kier molecular flexibility index (Phi) is 3.55. The average molecular weight is 274 g/mol. The summed E-state index contributed by atoms with van der Waals surface area (Å²) >= 11 is 1.70. The van der Waals surface area contributed by atoms with Crippen molar-refractivity contribution in [2.24, 2.45) is 5.84 Å². The fourth-order valence-corrected chi connectivity index (χ4v) is 3.03. The Balaban J connectivity index is 1.81. The molecule has 1 aliphatic rings. The number of aryl methyl sites for hydroxylation is 1. The van der Waals surface area contributed by atoms with Crippen molar-refractivity contribution in [2.45, 2.75) is 31.9 Å². The molecule has 3 nitrogen and oxygen atoms in total. The lowest BCUT2D eigenvalue weighted by molar-refractivity contribution is 0.303. The van der Waals surface area contributed by atoms with Gasteiger partial charge >= 0.3 is 0 Å². The maximum atomic E-state index is 5.76. The van der Waals surface area contributed by atoms with Gasteiger partial charge in [0.1, 0.15) is 5.75 Å². The minimum absolute atomic E-state index is 0.0428. The summed E-state index contributed by atoms with van der Waals surface area (Å²) in [6.45, 7) is 2.11. The number of thiophene rings is 1. The Hall–Kier alpha value is -1.36. The van der Waals surface area contributed by atoms with Crippen LogP contribution in [0, 0.1) is 6.92 Å². The second-order valence-corrected chi connectivity index (χ2v) is 5.74. The first-order valence-electron chi connectivity index (χ1n) is 6.53. The van der Waals surface area contributed by atoms with Crippen molar-refractivity contribution in [1.29, 1.82) is 0 Å². The van der Waals surface area contributed by atoms with Crippen LogP contribution in [-0.4, -0.2) is 6.10 Å². The highest BCUT2D eigenvalue weighted by Gasteiger charge is 2.23. The molecule has 2 aromatic rings. The Morgan fingerprint density at radius 1 is 1.26 bits per heavy atom. The van der Waals surface area contributed by atoms with Gasteiger partial charge in [0.15, 0.2) is 0 Å². The Morgan fingerprint density at radius 2 is 2.00 bits per heavy atom. The van der Waals surface area contributed by atoms with Gasteiger partial charge in [-0.05, 0) is 59.3 Å². The number of benzene rings is 1. The molecule has 1 unspecified atom stereocenters. The summed E-state index contributed by atoms with van der Waals surface area (Å²) in [6, 6.07) is 8.26. The summed E-state index contributed by atoms with van der Waals surface area (Å²) in [4.78, 5) is 0. The highest BCUT2D eigenvalue weighted by atomic mass is 32.1. The van der Waals surface area contributed by atoms with E-state index >= 15 is 0 Å². The summed E-state index contributed by atoms with van der Waals surface area (Å²) in [5.74, 6) is 6.67. The van der Waals surface area contributed by atoms with Gasteiger partial charge in [-0.1, -0.05) is 12.1 Å². The van der Waals surface area contributed by atoms with Crippen LogP contribution in [0.5, 0.6) is 5.75 Å². The molecule has 0 spiro atoms. The first-order chi connectivity index (χ1) is 9.28. The third-order valence-corrected chi connectivity index (χ3v) is 4.29. The summed E-state index contributed by atoms with van der Waals surface area (Å²) in [5.41, 5.74) is 6.57. The molecule has 0 bridgehead atoms. The van der Waals surface area contributed by atoms with Crippen LogP contribution in [0.15, 0.2) is 35.0 Å². The first-order valence-corrected chi connectivity index (χ1v) is 7.47. The molecule has 1 aromatic heterocycles. The lowest BCUT2D eigenvalue weighted by Gasteiger charge is -2.17. The van der Waals surface area contributed by atoms with E-state index in [1.165, 1.54) is 24.0 Å². The SMILES string of the molecule is Cc1cscc1C(NN)c1ccc(OC2CC2)cc1. The second-order valence-electron chi connectivity index (χ2n) is 5.00. The lowest BCUT2D eigenvalue weighted by Crippen LogP contribution is -2.28. The van der Waals surface area contributed by atoms with Gasteiger partial charge in [0.05, 0.1) is 12.1 Å².